The second kappa shape index (κ2) is 4.19. The molecule has 0 spiro atoms. The average molecular weight is 264 g/mol. The highest BCUT2D eigenvalue weighted by molar-refractivity contribution is 8.01. The molecule has 0 radical (unpaired) electrons. The van der Waals surface area contributed by atoms with Gasteiger partial charge in [-0.25, -0.2) is 0 Å². The molecule has 1 amide bonds. The Balaban J connectivity index is 2.31. The topological polar surface area (TPSA) is 53.4 Å². The molecule has 1 unspecified atom stereocenters. The minimum atomic E-state index is -4.55. The number of nitrogens with zero attached hydrogens (tertiary/aromatic N) is 2. The highest BCUT2D eigenvalue weighted by Gasteiger charge is 2.35. The number of pyridine rings is 1. The van der Waals surface area contributed by atoms with Gasteiger partial charge in [0.2, 0.25) is 0 Å². The van der Waals surface area contributed by atoms with Crippen LogP contribution in [0.5, 0.6) is 0 Å². The predicted molar refractivity (Wildman–Crippen MR) is 55.2 cm³/mol. The zero-order chi connectivity index (χ0) is 12.6. The van der Waals surface area contributed by atoms with Crippen LogP contribution in [0.1, 0.15) is 5.69 Å². The maximum atomic E-state index is 12.4. The van der Waals surface area contributed by atoms with Crippen molar-refractivity contribution < 1.29 is 23.1 Å². The molecule has 1 N–H and O–H groups in total. The van der Waals surface area contributed by atoms with E-state index in [1.165, 1.54) is 6.07 Å². The average Bonchev–Trinajstić information content (AvgIpc) is 2.59. The van der Waals surface area contributed by atoms with Gasteiger partial charge in [0, 0.05) is 11.9 Å². The van der Waals surface area contributed by atoms with Crippen LogP contribution in [-0.4, -0.2) is 27.3 Å². The molecular formula is C9H7F3N2O2S. The second-order valence-electron chi connectivity index (χ2n) is 3.31. The fraction of sp³-hybridized carbons (Fsp3) is 0.333. The fourth-order valence-electron chi connectivity index (χ4n) is 1.36. The lowest BCUT2D eigenvalue weighted by Gasteiger charge is -2.16. The van der Waals surface area contributed by atoms with Gasteiger partial charge in [-0.05, 0) is 12.1 Å². The van der Waals surface area contributed by atoms with E-state index in [1.807, 2.05) is 0 Å². The Kier molecular flexibility index (Phi) is 3.00. The Morgan fingerprint density at radius 1 is 1.53 bits per heavy atom. The van der Waals surface area contributed by atoms with Crippen molar-refractivity contribution in [2.24, 2.45) is 0 Å². The molecule has 1 aliphatic rings. The predicted octanol–water partition coefficient (Wildman–Crippen LogP) is 1.46. The second-order valence-corrected chi connectivity index (χ2v) is 4.35. The number of aliphatic hydroxyl groups excluding tert-OH is 1. The lowest BCUT2D eigenvalue weighted by atomic mass is 10.3. The minimum absolute atomic E-state index is 0.0846. The highest BCUT2D eigenvalue weighted by atomic mass is 32.2. The molecule has 1 fully saturated rings. The maximum Gasteiger partial charge on any atom is 0.433 e. The Hall–Kier alpha value is -1.28. The van der Waals surface area contributed by atoms with Crippen LogP contribution in [-0.2, 0) is 11.0 Å². The quantitative estimate of drug-likeness (QED) is 0.834. The molecule has 8 heteroatoms. The van der Waals surface area contributed by atoms with Crippen molar-refractivity contribution in [2.75, 3.05) is 10.8 Å². The van der Waals surface area contributed by atoms with E-state index in [1.54, 1.807) is 0 Å². The molecule has 1 atom stereocenters. The maximum absolute atomic E-state index is 12.4. The summed E-state index contributed by atoms with van der Waals surface area (Å²) in [4.78, 5) is 15.7. The molecule has 1 saturated heterocycles. The third kappa shape index (κ3) is 2.37. The molecule has 4 nitrogen and oxygen atoms in total. The first-order valence-corrected chi connectivity index (χ1v) is 5.59. The number of anilines is 1. The van der Waals surface area contributed by atoms with Gasteiger partial charge in [-0.15, -0.1) is 0 Å². The zero-order valence-corrected chi connectivity index (χ0v) is 9.13. The number of rotatable bonds is 1. The van der Waals surface area contributed by atoms with Crippen LogP contribution in [0.3, 0.4) is 0 Å². The van der Waals surface area contributed by atoms with Crippen molar-refractivity contribution in [1.29, 1.82) is 0 Å². The molecule has 92 valence electrons. The normalized spacial score (nSPS) is 21.1. The van der Waals surface area contributed by atoms with Crippen LogP contribution in [0.4, 0.5) is 18.9 Å². The van der Waals surface area contributed by atoms with E-state index in [-0.39, 0.29) is 11.6 Å². The van der Waals surface area contributed by atoms with E-state index in [4.69, 9.17) is 0 Å². The summed E-state index contributed by atoms with van der Waals surface area (Å²) in [7, 11) is 0. The van der Waals surface area contributed by atoms with E-state index in [0.717, 1.165) is 28.9 Å². The molecule has 2 rings (SSSR count). The Morgan fingerprint density at radius 3 is 2.76 bits per heavy atom. The van der Waals surface area contributed by atoms with Gasteiger partial charge in [0.15, 0.2) is 5.44 Å². The van der Waals surface area contributed by atoms with Crippen molar-refractivity contribution in [3.05, 3.63) is 24.0 Å². The van der Waals surface area contributed by atoms with Gasteiger partial charge in [-0.2, -0.15) is 13.2 Å². The van der Waals surface area contributed by atoms with E-state index >= 15 is 0 Å². The van der Waals surface area contributed by atoms with Gasteiger partial charge in [-0.1, -0.05) is 11.8 Å². The zero-order valence-electron chi connectivity index (χ0n) is 8.31. The minimum Gasteiger partial charge on any atom is -0.373 e. The molecule has 0 bridgehead atoms. The van der Waals surface area contributed by atoms with Gasteiger partial charge >= 0.3 is 6.18 Å². The summed E-state index contributed by atoms with van der Waals surface area (Å²) < 4.78 is 37.2. The number of halogens is 3. The third-order valence-electron chi connectivity index (χ3n) is 2.18. The van der Waals surface area contributed by atoms with Gasteiger partial charge < -0.3 is 5.11 Å². The van der Waals surface area contributed by atoms with Crippen molar-refractivity contribution >= 4 is 23.4 Å². The Bertz CT molecular complexity index is 452. The van der Waals surface area contributed by atoms with E-state index in [2.05, 4.69) is 4.98 Å². The van der Waals surface area contributed by atoms with Gasteiger partial charge in [-0.3, -0.25) is 14.7 Å². The Morgan fingerprint density at radius 2 is 2.24 bits per heavy atom. The number of carbonyl (C=O) groups excluding carboxylic acids is 1. The molecule has 1 aliphatic heterocycles. The summed E-state index contributed by atoms with van der Waals surface area (Å²) in [5.41, 5.74) is -2.19. The third-order valence-corrected chi connectivity index (χ3v) is 3.11. The van der Waals surface area contributed by atoms with Crippen molar-refractivity contribution in [1.82, 2.24) is 4.98 Å². The molecular weight excluding hydrogens is 257 g/mol. The smallest absolute Gasteiger partial charge is 0.373 e. The van der Waals surface area contributed by atoms with Crippen LogP contribution < -0.4 is 4.90 Å². The van der Waals surface area contributed by atoms with Crippen LogP contribution >= 0.6 is 11.8 Å². The summed E-state index contributed by atoms with van der Waals surface area (Å²) in [5, 5.41) is 9.19. The molecule has 1 aromatic rings. The largest absolute Gasteiger partial charge is 0.433 e. The number of aliphatic hydroxyl groups is 1. The van der Waals surface area contributed by atoms with Crippen molar-refractivity contribution in [3.63, 3.8) is 0 Å². The first-order valence-electron chi connectivity index (χ1n) is 4.54. The van der Waals surface area contributed by atoms with Gasteiger partial charge in [0.05, 0.1) is 5.88 Å². The molecule has 2 heterocycles. The van der Waals surface area contributed by atoms with E-state index in [9.17, 15) is 23.1 Å². The molecule has 0 aromatic carbocycles. The monoisotopic (exact) mass is 264 g/mol. The van der Waals surface area contributed by atoms with Gasteiger partial charge in [0.25, 0.3) is 5.91 Å². The first kappa shape index (κ1) is 12.2. The number of carbonyl (C=O) groups is 1. The summed E-state index contributed by atoms with van der Waals surface area (Å²) in [6.07, 6.45) is -3.56. The van der Waals surface area contributed by atoms with E-state index < -0.39 is 23.2 Å². The highest BCUT2D eigenvalue weighted by Crippen LogP contribution is 2.32. The first-order chi connectivity index (χ1) is 7.89. The number of alkyl halides is 3. The van der Waals surface area contributed by atoms with Crippen LogP contribution in [0.15, 0.2) is 18.3 Å². The fourth-order valence-corrected chi connectivity index (χ4v) is 2.19. The molecule has 0 aliphatic carbocycles. The lowest BCUT2D eigenvalue weighted by Crippen LogP contribution is -2.29. The van der Waals surface area contributed by atoms with E-state index in [0.29, 0.717) is 0 Å². The number of hydrogen-bond donors (Lipinski definition) is 1. The molecule has 1 aromatic heterocycles. The van der Waals surface area contributed by atoms with Crippen molar-refractivity contribution in [2.45, 2.75) is 11.6 Å². The summed E-state index contributed by atoms with van der Waals surface area (Å²) >= 11 is 0.952. The molecule has 17 heavy (non-hydrogen) atoms. The van der Waals surface area contributed by atoms with Crippen LogP contribution in [0.25, 0.3) is 0 Å². The lowest BCUT2D eigenvalue weighted by molar-refractivity contribution is -0.141. The Labute approximate surface area is 98.4 Å². The number of aromatic nitrogens is 1. The summed E-state index contributed by atoms with van der Waals surface area (Å²) in [6.45, 7) is 0. The van der Waals surface area contributed by atoms with Crippen molar-refractivity contribution in [3.8, 4) is 0 Å². The summed E-state index contributed by atoms with van der Waals surface area (Å²) in [6, 6.07) is 2.09. The van der Waals surface area contributed by atoms with Crippen LogP contribution in [0, 0.1) is 0 Å². The molecule has 0 saturated carbocycles. The number of hydrogen-bond acceptors (Lipinski definition) is 4. The number of amides is 1. The van der Waals surface area contributed by atoms with Crippen LogP contribution in [0.2, 0.25) is 0 Å². The SMILES string of the molecule is O=C1C(O)SCN1c1ccnc(C(F)(F)F)c1. The number of thioether (sulfide) groups is 1. The van der Waals surface area contributed by atoms with Gasteiger partial charge in [0.1, 0.15) is 5.69 Å². The summed E-state index contributed by atoms with van der Waals surface area (Å²) in [5.74, 6) is -0.490. The standard InChI is InChI=1S/C9H7F3N2O2S/c10-9(11,12)6-3-5(1-2-13-6)14-4-17-8(16)7(14)15/h1-3,8,16H,4H2.